The van der Waals surface area contributed by atoms with E-state index in [1.165, 1.54) is 24.3 Å². The molecule has 0 saturated heterocycles. The van der Waals surface area contributed by atoms with Crippen molar-refractivity contribution in [1.82, 2.24) is 0 Å². The van der Waals surface area contributed by atoms with Gasteiger partial charge in [0.15, 0.2) is 0 Å². The third-order valence-corrected chi connectivity index (χ3v) is 1.39. The predicted octanol–water partition coefficient (Wildman–Crippen LogP) is 0.711. The molecular formula is C8H8O7P+. The molecule has 8 heteroatoms. The first-order valence-corrected chi connectivity index (χ1v) is 4.93. The van der Waals surface area contributed by atoms with E-state index in [-0.39, 0.29) is 11.1 Å². The fraction of sp³-hybridized carbons (Fsp3) is 0. The van der Waals surface area contributed by atoms with Crippen molar-refractivity contribution in [1.29, 1.82) is 0 Å². The molecule has 0 unspecified atom stereocenters. The lowest BCUT2D eigenvalue weighted by Gasteiger charge is -1.98. The van der Waals surface area contributed by atoms with Crippen LogP contribution >= 0.6 is 8.25 Å². The summed E-state index contributed by atoms with van der Waals surface area (Å²) in [5.74, 6) is -2.46. The Kier molecular flexibility index (Phi) is 5.87. The van der Waals surface area contributed by atoms with Gasteiger partial charge in [-0.05, 0) is 12.1 Å². The minimum Gasteiger partial charge on any atom is -0.478 e. The Labute approximate surface area is 90.5 Å². The predicted molar refractivity (Wildman–Crippen MR) is 52.4 cm³/mol. The summed E-state index contributed by atoms with van der Waals surface area (Å²) in [6.07, 6.45) is 0. The number of aromatic carboxylic acids is 2. The van der Waals surface area contributed by atoms with Crippen LogP contribution in [0.3, 0.4) is 0 Å². The molecule has 0 fully saturated rings. The molecule has 86 valence electrons. The monoisotopic (exact) mass is 247 g/mol. The van der Waals surface area contributed by atoms with Crippen LogP contribution in [0.1, 0.15) is 20.7 Å². The maximum atomic E-state index is 10.5. The molecule has 0 amide bonds. The van der Waals surface area contributed by atoms with Crippen LogP contribution in [0.15, 0.2) is 24.3 Å². The summed E-state index contributed by atoms with van der Waals surface area (Å²) in [6, 6.07) is 5.48. The third-order valence-electron chi connectivity index (χ3n) is 1.39. The highest BCUT2D eigenvalue weighted by atomic mass is 31.1. The molecule has 1 aromatic carbocycles. The largest absolute Gasteiger partial charge is 0.692 e. The molecule has 0 aliphatic carbocycles. The van der Waals surface area contributed by atoms with E-state index in [4.69, 9.17) is 24.6 Å². The number of carbonyl (C=O) groups is 2. The molecule has 0 spiro atoms. The van der Waals surface area contributed by atoms with E-state index < -0.39 is 20.2 Å². The van der Waals surface area contributed by atoms with Gasteiger partial charge in [-0.25, -0.2) is 9.59 Å². The van der Waals surface area contributed by atoms with Gasteiger partial charge in [0.05, 0.1) is 11.1 Å². The van der Waals surface area contributed by atoms with Gasteiger partial charge in [-0.15, -0.1) is 9.79 Å². The van der Waals surface area contributed by atoms with Crippen LogP contribution in [0, 0.1) is 0 Å². The summed E-state index contributed by atoms with van der Waals surface area (Å²) in [7, 11) is -2.87. The van der Waals surface area contributed by atoms with Crippen LogP contribution in [-0.2, 0) is 4.57 Å². The van der Waals surface area contributed by atoms with Crippen molar-refractivity contribution in [3.8, 4) is 0 Å². The molecule has 0 bridgehead atoms. The van der Waals surface area contributed by atoms with E-state index in [2.05, 4.69) is 0 Å². The van der Waals surface area contributed by atoms with Gasteiger partial charge in [0.25, 0.3) is 0 Å². The van der Waals surface area contributed by atoms with E-state index in [1.807, 2.05) is 0 Å². The first-order chi connectivity index (χ1) is 7.36. The molecule has 7 nitrogen and oxygen atoms in total. The Morgan fingerprint density at radius 3 is 1.38 bits per heavy atom. The van der Waals surface area contributed by atoms with Crippen molar-refractivity contribution < 1.29 is 34.2 Å². The Morgan fingerprint density at radius 1 is 0.938 bits per heavy atom. The summed E-state index contributed by atoms with van der Waals surface area (Å²) in [4.78, 5) is 35.2. The van der Waals surface area contributed by atoms with Gasteiger partial charge in [-0.3, -0.25) is 0 Å². The number of rotatable bonds is 2. The number of hydrogen-bond acceptors (Lipinski definition) is 3. The molecule has 0 radical (unpaired) electrons. The van der Waals surface area contributed by atoms with Crippen molar-refractivity contribution in [2.75, 3.05) is 0 Å². The number of carboxylic acid groups (broad SMARTS) is 2. The summed E-state index contributed by atoms with van der Waals surface area (Å²) < 4.78 is 8.70. The van der Waals surface area contributed by atoms with Crippen molar-refractivity contribution in [2.45, 2.75) is 0 Å². The fourth-order valence-corrected chi connectivity index (χ4v) is 0.856. The fourth-order valence-electron chi connectivity index (χ4n) is 0.856. The quantitative estimate of drug-likeness (QED) is 0.565. The maximum absolute atomic E-state index is 10.5. The Hall–Kier alpha value is -1.82. The molecular weight excluding hydrogens is 239 g/mol. The highest BCUT2D eigenvalue weighted by Crippen LogP contribution is 2.07. The second-order valence-electron chi connectivity index (χ2n) is 2.41. The van der Waals surface area contributed by atoms with Gasteiger partial charge in [0.2, 0.25) is 0 Å². The molecule has 0 saturated carbocycles. The van der Waals surface area contributed by atoms with E-state index in [1.54, 1.807) is 0 Å². The highest BCUT2D eigenvalue weighted by molar-refractivity contribution is 7.30. The number of hydrogen-bond donors (Lipinski definition) is 4. The van der Waals surface area contributed by atoms with Crippen LogP contribution in [0.4, 0.5) is 0 Å². The van der Waals surface area contributed by atoms with Crippen LogP contribution < -0.4 is 0 Å². The molecule has 0 aliphatic rings. The SMILES string of the molecule is O=C(O)c1ccccc1C(=O)O.O=[P+](O)O. The summed E-state index contributed by atoms with van der Waals surface area (Å²) in [5.41, 5.74) is -0.380. The summed E-state index contributed by atoms with van der Waals surface area (Å²) in [5, 5.41) is 17.1. The smallest absolute Gasteiger partial charge is 0.478 e. The normalized spacial score (nSPS) is 8.62. The second kappa shape index (κ2) is 6.62. The zero-order valence-corrected chi connectivity index (χ0v) is 8.66. The molecule has 1 aromatic rings. The topological polar surface area (TPSA) is 132 Å². The van der Waals surface area contributed by atoms with Crippen molar-refractivity contribution in [3.05, 3.63) is 35.4 Å². The van der Waals surface area contributed by atoms with Crippen LogP contribution in [-0.4, -0.2) is 31.9 Å². The third kappa shape index (κ3) is 5.16. The molecule has 16 heavy (non-hydrogen) atoms. The van der Waals surface area contributed by atoms with Gasteiger partial charge in [-0.2, -0.15) is 0 Å². The first-order valence-electron chi connectivity index (χ1n) is 3.77. The average molecular weight is 247 g/mol. The van der Waals surface area contributed by atoms with E-state index in [9.17, 15) is 9.59 Å². The molecule has 0 heterocycles. The second-order valence-corrected chi connectivity index (χ2v) is 2.91. The van der Waals surface area contributed by atoms with Gasteiger partial charge in [0.1, 0.15) is 0 Å². The number of benzene rings is 1. The molecule has 0 aliphatic heterocycles. The van der Waals surface area contributed by atoms with Crippen LogP contribution in [0.25, 0.3) is 0 Å². The van der Waals surface area contributed by atoms with Crippen molar-refractivity contribution in [3.63, 3.8) is 0 Å². The highest BCUT2D eigenvalue weighted by Gasteiger charge is 2.13. The van der Waals surface area contributed by atoms with Gasteiger partial charge >= 0.3 is 20.2 Å². The van der Waals surface area contributed by atoms with Gasteiger partial charge in [-0.1, -0.05) is 12.1 Å². The minimum absolute atomic E-state index is 0.190. The summed E-state index contributed by atoms with van der Waals surface area (Å²) in [6.45, 7) is 0. The zero-order chi connectivity index (χ0) is 12.7. The van der Waals surface area contributed by atoms with Crippen LogP contribution in [0.5, 0.6) is 0 Å². The van der Waals surface area contributed by atoms with Crippen molar-refractivity contribution in [2.24, 2.45) is 0 Å². The van der Waals surface area contributed by atoms with E-state index in [0.29, 0.717) is 0 Å². The first kappa shape index (κ1) is 14.2. The lowest BCUT2D eigenvalue weighted by atomic mass is 10.1. The molecule has 4 N–H and O–H groups in total. The van der Waals surface area contributed by atoms with E-state index in [0.717, 1.165) is 0 Å². The maximum Gasteiger partial charge on any atom is 0.692 e. The molecule has 0 atom stereocenters. The van der Waals surface area contributed by atoms with Gasteiger partial charge in [0, 0.05) is 4.57 Å². The molecule has 1 rings (SSSR count). The molecule has 0 aromatic heterocycles. The standard InChI is InChI=1S/C8H6O4.HO3P/c9-7(10)5-3-1-2-4-6(5)8(11)12;1-4(2)3/h1-4H,(H,9,10)(H,11,12);(H-,1,2,3)/p+1. The number of carboxylic acids is 2. The Balaban J connectivity index is 0.000000487. The zero-order valence-electron chi connectivity index (χ0n) is 7.77. The van der Waals surface area contributed by atoms with Gasteiger partial charge < -0.3 is 10.2 Å². The lowest BCUT2D eigenvalue weighted by Crippen LogP contribution is -2.06. The van der Waals surface area contributed by atoms with Crippen LogP contribution in [0.2, 0.25) is 0 Å². The average Bonchev–Trinajstić information content (AvgIpc) is 2.16. The van der Waals surface area contributed by atoms with E-state index >= 15 is 0 Å². The summed E-state index contributed by atoms with van der Waals surface area (Å²) >= 11 is 0. The minimum atomic E-state index is -2.87. The Bertz CT molecular complexity index is 378. The Morgan fingerprint density at radius 2 is 1.19 bits per heavy atom. The lowest BCUT2D eigenvalue weighted by molar-refractivity contribution is 0.0651. The van der Waals surface area contributed by atoms with Crippen molar-refractivity contribution >= 4 is 20.2 Å².